The molecule has 1 atom stereocenters. The van der Waals surface area contributed by atoms with Gasteiger partial charge in [0.25, 0.3) is 5.91 Å². The lowest BCUT2D eigenvalue weighted by molar-refractivity contribution is -0.309. The van der Waals surface area contributed by atoms with Gasteiger partial charge in [0.2, 0.25) is 0 Å². The smallest absolute Gasteiger partial charge is 0.266 e. The van der Waals surface area contributed by atoms with E-state index in [-0.39, 0.29) is 4.32 Å². The zero-order chi connectivity index (χ0) is 14.9. The van der Waals surface area contributed by atoms with Crippen molar-refractivity contribution in [2.45, 2.75) is 19.9 Å². The highest BCUT2D eigenvalue weighted by Crippen LogP contribution is 2.33. The highest BCUT2D eigenvalue weighted by atomic mass is 32.2. The molecule has 1 aliphatic rings. The Morgan fingerprint density at radius 2 is 2.00 bits per heavy atom. The summed E-state index contributed by atoms with van der Waals surface area (Å²) in [5, 5.41) is 10.9. The Balaban J connectivity index is 2.28. The summed E-state index contributed by atoms with van der Waals surface area (Å²) < 4.78 is 0.241. The van der Waals surface area contributed by atoms with E-state index in [0.29, 0.717) is 4.91 Å². The molecule has 0 saturated carbocycles. The Morgan fingerprint density at radius 1 is 1.40 bits per heavy atom. The van der Waals surface area contributed by atoms with E-state index in [9.17, 15) is 14.7 Å². The molecule has 0 spiro atoms. The standard InChI is InChI=1S/C14H13NO3S2/c1-8-3-5-10(6-4-8)7-11-12(16)15(14(19)20-11)9(2)13(17)18/h3-7,9H,1-2H3,(H,17,18)/p-1/b11-7-/t9-/m0/s1. The van der Waals surface area contributed by atoms with Crippen molar-refractivity contribution in [2.75, 3.05) is 0 Å². The van der Waals surface area contributed by atoms with Gasteiger partial charge in [-0.3, -0.25) is 9.69 Å². The molecule has 1 aromatic carbocycles. The van der Waals surface area contributed by atoms with Crippen molar-refractivity contribution in [3.8, 4) is 0 Å². The molecule has 1 saturated heterocycles. The second-order valence-corrected chi connectivity index (χ2v) is 6.13. The Hall–Kier alpha value is -1.66. The first-order valence-corrected chi connectivity index (χ1v) is 7.17. The fraction of sp³-hybridized carbons (Fsp3) is 0.214. The van der Waals surface area contributed by atoms with Crippen LogP contribution < -0.4 is 5.11 Å². The summed E-state index contributed by atoms with van der Waals surface area (Å²) >= 11 is 6.17. The fourth-order valence-electron chi connectivity index (χ4n) is 1.73. The van der Waals surface area contributed by atoms with Crippen LogP contribution in [0.2, 0.25) is 0 Å². The molecule has 1 amide bonds. The molecule has 0 unspecified atom stereocenters. The minimum absolute atomic E-state index is 0.241. The van der Waals surface area contributed by atoms with Gasteiger partial charge in [-0.2, -0.15) is 0 Å². The number of thiocarbonyl (C=S) groups is 1. The van der Waals surface area contributed by atoms with E-state index in [1.807, 2.05) is 31.2 Å². The van der Waals surface area contributed by atoms with E-state index in [2.05, 4.69) is 0 Å². The number of aryl methyl sites for hydroxylation is 1. The number of aliphatic carboxylic acids is 1. The van der Waals surface area contributed by atoms with E-state index in [1.165, 1.54) is 6.92 Å². The minimum atomic E-state index is -1.32. The SMILES string of the molecule is Cc1ccc(/C=C2\SC(=S)N([C@@H](C)C(=O)[O-])C2=O)cc1. The third-order valence-electron chi connectivity index (χ3n) is 2.93. The van der Waals surface area contributed by atoms with Gasteiger partial charge < -0.3 is 9.90 Å². The molecule has 20 heavy (non-hydrogen) atoms. The Kier molecular flexibility index (Phi) is 4.25. The van der Waals surface area contributed by atoms with Gasteiger partial charge in [0.15, 0.2) is 0 Å². The quantitative estimate of drug-likeness (QED) is 0.623. The summed E-state index contributed by atoms with van der Waals surface area (Å²) in [5.74, 6) is -1.71. The number of carbonyl (C=O) groups is 2. The fourth-order valence-corrected chi connectivity index (χ4v) is 3.15. The number of hydrogen-bond acceptors (Lipinski definition) is 5. The van der Waals surface area contributed by atoms with Crippen LogP contribution in [0.25, 0.3) is 6.08 Å². The van der Waals surface area contributed by atoms with Gasteiger partial charge in [0.05, 0.1) is 16.9 Å². The van der Waals surface area contributed by atoms with Gasteiger partial charge in [0, 0.05) is 0 Å². The number of carboxylic acids is 1. The average molecular weight is 306 g/mol. The molecule has 6 heteroatoms. The van der Waals surface area contributed by atoms with Crippen LogP contribution in [0.3, 0.4) is 0 Å². The lowest BCUT2D eigenvalue weighted by Gasteiger charge is -2.23. The molecule has 4 nitrogen and oxygen atoms in total. The van der Waals surface area contributed by atoms with Gasteiger partial charge >= 0.3 is 0 Å². The number of rotatable bonds is 3. The zero-order valence-electron chi connectivity index (χ0n) is 11.0. The van der Waals surface area contributed by atoms with Crippen LogP contribution in [0.5, 0.6) is 0 Å². The molecule has 0 aliphatic carbocycles. The van der Waals surface area contributed by atoms with Crippen LogP contribution in [0.15, 0.2) is 29.2 Å². The Morgan fingerprint density at radius 3 is 2.55 bits per heavy atom. The van der Waals surface area contributed by atoms with Crippen LogP contribution in [0.1, 0.15) is 18.1 Å². The van der Waals surface area contributed by atoms with Crippen LogP contribution in [0.4, 0.5) is 0 Å². The van der Waals surface area contributed by atoms with Gasteiger partial charge in [-0.15, -0.1) is 0 Å². The summed E-state index contributed by atoms with van der Waals surface area (Å²) in [7, 11) is 0. The molecule has 0 radical (unpaired) electrons. The van der Waals surface area contributed by atoms with Crippen molar-refractivity contribution < 1.29 is 14.7 Å². The highest BCUT2D eigenvalue weighted by molar-refractivity contribution is 8.26. The van der Waals surface area contributed by atoms with E-state index >= 15 is 0 Å². The summed E-state index contributed by atoms with van der Waals surface area (Å²) in [6.45, 7) is 3.36. The molecular formula is C14H12NO3S2-. The number of amides is 1. The van der Waals surface area contributed by atoms with Gasteiger partial charge in [-0.1, -0.05) is 53.8 Å². The normalized spacial score (nSPS) is 18.7. The molecule has 1 heterocycles. The van der Waals surface area contributed by atoms with E-state index in [1.54, 1.807) is 6.08 Å². The van der Waals surface area contributed by atoms with Crippen LogP contribution in [0, 0.1) is 6.92 Å². The summed E-state index contributed by atoms with van der Waals surface area (Å²) in [4.78, 5) is 24.6. The lowest BCUT2D eigenvalue weighted by atomic mass is 10.1. The summed E-state index contributed by atoms with van der Waals surface area (Å²) in [6.07, 6.45) is 1.71. The topological polar surface area (TPSA) is 60.4 Å². The van der Waals surface area contributed by atoms with Crippen LogP contribution in [-0.2, 0) is 9.59 Å². The number of nitrogens with zero attached hydrogens (tertiary/aromatic N) is 1. The molecule has 2 rings (SSSR count). The molecule has 1 aliphatic heterocycles. The van der Waals surface area contributed by atoms with Gasteiger partial charge in [-0.25, -0.2) is 0 Å². The zero-order valence-corrected chi connectivity index (χ0v) is 12.6. The van der Waals surface area contributed by atoms with E-state index < -0.39 is 17.9 Å². The van der Waals surface area contributed by atoms with Crippen LogP contribution >= 0.6 is 24.0 Å². The third-order valence-corrected chi connectivity index (χ3v) is 4.26. The minimum Gasteiger partial charge on any atom is -0.548 e. The molecule has 104 valence electrons. The first-order chi connectivity index (χ1) is 9.40. The highest BCUT2D eigenvalue weighted by Gasteiger charge is 2.35. The maximum Gasteiger partial charge on any atom is 0.266 e. The second-order valence-electron chi connectivity index (χ2n) is 4.46. The predicted molar refractivity (Wildman–Crippen MR) is 80.7 cm³/mol. The number of carboxylic acid groups (broad SMARTS) is 1. The molecular weight excluding hydrogens is 294 g/mol. The number of thioether (sulfide) groups is 1. The summed E-state index contributed by atoms with van der Waals surface area (Å²) in [5.41, 5.74) is 2.00. The molecule has 0 aromatic heterocycles. The van der Waals surface area contributed by atoms with Crippen molar-refractivity contribution in [3.05, 3.63) is 40.3 Å². The van der Waals surface area contributed by atoms with Crippen LogP contribution in [-0.4, -0.2) is 27.1 Å². The number of hydrogen-bond donors (Lipinski definition) is 0. The lowest BCUT2D eigenvalue weighted by Crippen LogP contribution is -2.48. The Bertz CT molecular complexity index is 607. The Labute approximate surface area is 126 Å². The van der Waals surface area contributed by atoms with Crippen molar-refractivity contribution in [1.29, 1.82) is 0 Å². The maximum atomic E-state index is 12.2. The maximum absolute atomic E-state index is 12.2. The van der Waals surface area contributed by atoms with Crippen molar-refractivity contribution in [3.63, 3.8) is 0 Å². The molecule has 0 bridgehead atoms. The molecule has 1 aromatic rings. The number of carbonyl (C=O) groups excluding carboxylic acids is 2. The average Bonchev–Trinajstić information content (AvgIpc) is 2.66. The van der Waals surface area contributed by atoms with E-state index in [0.717, 1.165) is 27.8 Å². The molecule has 0 N–H and O–H groups in total. The number of benzene rings is 1. The molecule has 1 fully saturated rings. The predicted octanol–water partition coefficient (Wildman–Crippen LogP) is 1.33. The first-order valence-electron chi connectivity index (χ1n) is 5.94. The second kappa shape index (κ2) is 5.76. The summed E-state index contributed by atoms with van der Waals surface area (Å²) in [6, 6.07) is 6.60. The van der Waals surface area contributed by atoms with Gasteiger partial charge in [0.1, 0.15) is 4.32 Å². The van der Waals surface area contributed by atoms with Gasteiger partial charge in [-0.05, 0) is 25.5 Å². The van der Waals surface area contributed by atoms with Crippen molar-refractivity contribution in [1.82, 2.24) is 4.90 Å². The van der Waals surface area contributed by atoms with Crippen molar-refractivity contribution >= 4 is 46.3 Å². The monoisotopic (exact) mass is 306 g/mol. The first kappa shape index (κ1) is 14.7. The third kappa shape index (κ3) is 2.91. The van der Waals surface area contributed by atoms with E-state index in [4.69, 9.17) is 12.2 Å². The van der Waals surface area contributed by atoms with Crippen molar-refractivity contribution in [2.24, 2.45) is 0 Å². The largest absolute Gasteiger partial charge is 0.548 e.